The molecule has 4 heteroatoms. The Hall–Kier alpha value is -1.41. The average molecular weight is 276 g/mol. The molecule has 0 aliphatic heterocycles. The van der Waals surface area contributed by atoms with Crippen LogP contribution in [0, 0.1) is 23.6 Å². The second kappa shape index (κ2) is 6.85. The largest absolute Gasteiger partial charge is 0.393 e. The molecule has 0 spiro atoms. The summed E-state index contributed by atoms with van der Waals surface area (Å²) in [6, 6.07) is 4.70. The Morgan fingerprint density at radius 2 is 2.20 bits per heavy atom. The molecule has 0 bridgehead atoms. The van der Waals surface area contributed by atoms with Crippen molar-refractivity contribution in [3.8, 4) is 11.8 Å². The van der Waals surface area contributed by atoms with Gasteiger partial charge in [-0.1, -0.05) is 17.9 Å². The second-order valence-electron chi connectivity index (χ2n) is 5.50. The van der Waals surface area contributed by atoms with E-state index in [-0.39, 0.29) is 18.5 Å². The molecule has 20 heavy (non-hydrogen) atoms. The molecule has 0 radical (unpaired) electrons. The molecule has 0 amide bonds. The van der Waals surface area contributed by atoms with Crippen molar-refractivity contribution in [3.05, 3.63) is 35.1 Å². The molecular weight excluding hydrogens is 255 g/mol. The number of nitrogens with two attached hydrogens (primary N) is 1. The number of hydrogen-bond acceptors (Lipinski definition) is 3. The van der Waals surface area contributed by atoms with Crippen molar-refractivity contribution in [3.63, 3.8) is 0 Å². The molecule has 2 rings (SSSR count). The van der Waals surface area contributed by atoms with Crippen molar-refractivity contribution in [1.82, 2.24) is 4.90 Å². The molecule has 0 unspecified atom stereocenters. The van der Waals surface area contributed by atoms with Gasteiger partial charge in [-0.15, -0.1) is 0 Å². The van der Waals surface area contributed by atoms with Gasteiger partial charge in [0.1, 0.15) is 5.82 Å². The first-order valence-corrected chi connectivity index (χ1v) is 6.92. The summed E-state index contributed by atoms with van der Waals surface area (Å²) in [6.07, 6.45) is 1.64. The van der Waals surface area contributed by atoms with Crippen LogP contribution < -0.4 is 5.73 Å². The van der Waals surface area contributed by atoms with Crippen LogP contribution in [0.3, 0.4) is 0 Å². The summed E-state index contributed by atoms with van der Waals surface area (Å²) in [7, 11) is 2.04. The number of hydrogen-bond donors (Lipinski definition) is 2. The highest BCUT2D eigenvalue weighted by atomic mass is 19.1. The van der Waals surface area contributed by atoms with Gasteiger partial charge in [-0.2, -0.15) is 0 Å². The van der Waals surface area contributed by atoms with Crippen molar-refractivity contribution in [2.45, 2.75) is 25.5 Å². The fourth-order valence-corrected chi connectivity index (χ4v) is 2.59. The Bertz CT molecular complexity index is 515. The quantitative estimate of drug-likeness (QED) is 0.816. The van der Waals surface area contributed by atoms with Gasteiger partial charge in [0, 0.05) is 18.7 Å². The Morgan fingerprint density at radius 1 is 1.45 bits per heavy atom. The third-order valence-electron chi connectivity index (χ3n) is 3.62. The van der Waals surface area contributed by atoms with E-state index in [0.717, 1.165) is 31.5 Å². The Morgan fingerprint density at radius 3 is 2.85 bits per heavy atom. The summed E-state index contributed by atoms with van der Waals surface area (Å²) in [5.41, 5.74) is 7.08. The van der Waals surface area contributed by atoms with Crippen molar-refractivity contribution < 1.29 is 9.50 Å². The normalized spacial score (nSPS) is 21.2. The fourth-order valence-electron chi connectivity index (χ4n) is 2.59. The average Bonchev–Trinajstić information content (AvgIpc) is 2.37. The molecule has 0 atom stereocenters. The first-order valence-electron chi connectivity index (χ1n) is 6.92. The summed E-state index contributed by atoms with van der Waals surface area (Å²) in [4.78, 5) is 2.19. The summed E-state index contributed by atoms with van der Waals surface area (Å²) in [5.74, 6) is 5.99. The van der Waals surface area contributed by atoms with Crippen LogP contribution >= 0.6 is 0 Å². The monoisotopic (exact) mass is 276 g/mol. The maximum atomic E-state index is 13.3. The number of benzene rings is 1. The molecule has 1 aromatic carbocycles. The SMILES string of the molecule is CN(Cc1ccc(F)cc1C#CCN)CC1CC(O)C1. The van der Waals surface area contributed by atoms with Crippen molar-refractivity contribution in [1.29, 1.82) is 0 Å². The van der Waals surface area contributed by atoms with Crippen LogP contribution in [0.5, 0.6) is 0 Å². The molecular formula is C16H21FN2O. The summed E-state index contributed by atoms with van der Waals surface area (Å²) < 4.78 is 13.3. The minimum absolute atomic E-state index is 0.120. The van der Waals surface area contributed by atoms with E-state index in [9.17, 15) is 9.50 Å². The molecule has 0 aromatic heterocycles. The van der Waals surface area contributed by atoms with Crippen LogP contribution in [0.25, 0.3) is 0 Å². The highest BCUT2D eigenvalue weighted by Crippen LogP contribution is 2.28. The molecule has 3 nitrogen and oxygen atoms in total. The lowest BCUT2D eigenvalue weighted by Gasteiger charge is -2.34. The van der Waals surface area contributed by atoms with E-state index in [2.05, 4.69) is 16.7 Å². The topological polar surface area (TPSA) is 49.5 Å². The van der Waals surface area contributed by atoms with Crippen LogP contribution in [0.4, 0.5) is 4.39 Å². The zero-order chi connectivity index (χ0) is 14.5. The number of rotatable bonds is 4. The Balaban J connectivity index is 2.00. The van der Waals surface area contributed by atoms with E-state index in [4.69, 9.17) is 5.73 Å². The molecule has 1 saturated carbocycles. The number of nitrogens with zero attached hydrogens (tertiary/aromatic N) is 1. The summed E-state index contributed by atoms with van der Waals surface area (Å²) in [5, 5.41) is 9.30. The van der Waals surface area contributed by atoms with E-state index in [0.29, 0.717) is 11.5 Å². The molecule has 1 aliphatic carbocycles. The molecule has 108 valence electrons. The number of aliphatic hydroxyl groups excluding tert-OH is 1. The zero-order valence-corrected chi connectivity index (χ0v) is 11.8. The highest BCUT2D eigenvalue weighted by molar-refractivity contribution is 5.41. The van der Waals surface area contributed by atoms with Crippen LogP contribution in [0.15, 0.2) is 18.2 Å². The molecule has 3 N–H and O–H groups in total. The predicted molar refractivity (Wildman–Crippen MR) is 77.4 cm³/mol. The maximum absolute atomic E-state index is 13.3. The lowest BCUT2D eigenvalue weighted by atomic mass is 9.82. The summed E-state index contributed by atoms with van der Waals surface area (Å²) in [6.45, 7) is 1.94. The van der Waals surface area contributed by atoms with Crippen LogP contribution in [-0.2, 0) is 6.54 Å². The lowest BCUT2D eigenvalue weighted by molar-refractivity contribution is 0.0273. The van der Waals surface area contributed by atoms with Gasteiger partial charge in [0.25, 0.3) is 0 Å². The van der Waals surface area contributed by atoms with E-state index in [1.165, 1.54) is 12.1 Å². The molecule has 1 aliphatic rings. The third kappa shape index (κ3) is 4.04. The van der Waals surface area contributed by atoms with Gasteiger partial charge >= 0.3 is 0 Å². The Kier molecular flexibility index (Phi) is 5.13. The second-order valence-corrected chi connectivity index (χ2v) is 5.50. The minimum Gasteiger partial charge on any atom is -0.393 e. The van der Waals surface area contributed by atoms with Gasteiger partial charge in [-0.3, -0.25) is 0 Å². The third-order valence-corrected chi connectivity index (χ3v) is 3.62. The first-order chi connectivity index (χ1) is 9.58. The van der Waals surface area contributed by atoms with Gasteiger partial charge < -0.3 is 15.7 Å². The van der Waals surface area contributed by atoms with Crippen LogP contribution in [0.1, 0.15) is 24.0 Å². The highest BCUT2D eigenvalue weighted by Gasteiger charge is 2.27. The predicted octanol–water partition coefficient (Wildman–Crippen LogP) is 1.34. The van der Waals surface area contributed by atoms with E-state index >= 15 is 0 Å². The van der Waals surface area contributed by atoms with Gasteiger partial charge in [-0.05, 0) is 43.5 Å². The maximum Gasteiger partial charge on any atom is 0.124 e. The van der Waals surface area contributed by atoms with Gasteiger partial charge in [-0.25, -0.2) is 4.39 Å². The number of aliphatic hydroxyl groups is 1. The Labute approximate surface area is 119 Å². The van der Waals surface area contributed by atoms with Crippen molar-refractivity contribution >= 4 is 0 Å². The molecule has 0 saturated heterocycles. The van der Waals surface area contributed by atoms with Gasteiger partial charge in [0.05, 0.1) is 12.6 Å². The fraction of sp³-hybridized carbons (Fsp3) is 0.500. The van der Waals surface area contributed by atoms with Crippen molar-refractivity contribution in [2.24, 2.45) is 11.7 Å². The molecule has 1 aromatic rings. The van der Waals surface area contributed by atoms with E-state index in [1.54, 1.807) is 6.07 Å². The smallest absolute Gasteiger partial charge is 0.124 e. The standard InChI is InChI=1S/C16H21FN2O/c1-19(10-12-7-16(20)8-12)11-14-4-5-15(17)9-13(14)3-2-6-18/h4-5,9,12,16,20H,6-8,10-11,18H2,1H3. The van der Waals surface area contributed by atoms with Crippen LogP contribution in [0.2, 0.25) is 0 Å². The van der Waals surface area contributed by atoms with Crippen molar-refractivity contribution in [2.75, 3.05) is 20.1 Å². The lowest BCUT2D eigenvalue weighted by Crippen LogP contribution is -2.36. The summed E-state index contributed by atoms with van der Waals surface area (Å²) >= 11 is 0. The van der Waals surface area contributed by atoms with Gasteiger partial charge in [0.15, 0.2) is 0 Å². The van der Waals surface area contributed by atoms with E-state index < -0.39 is 0 Å². The zero-order valence-electron chi connectivity index (χ0n) is 11.8. The molecule has 0 heterocycles. The molecule has 1 fully saturated rings. The van der Waals surface area contributed by atoms with Gasteiger partial charge in [0.2, 0.25) is 0 Å². The number of halogens is 1. The minimum atomic E-state index is -0.278. The van der Waals surface area contributed by atoms with E-state index in [1.807, 2.05) is 7.05 Å². The first kappa shape index (κ1) is 15.0. The van der Waals surface area contributed by atoms with Crippen LogP contribution in [-0.4, -0.2) is 36.2 Å².